The second-order valence-electron chi connectivity index (χ2n) is 9.58. The lowest BCUT2D eigenvalue weighted by Crippen LogP contribution is -2.27. The molecule has 2 aliphatic carbocycles. The summed E-state index contributed by atoms with van der Waals surface area (Å²) in [5.41, 5.74) is 5.80. The van der Waals surface area contributed by atoms with E-state index in [1.807, 2.05) is 30.7 Å². The molecule has 6 rings (SSSR count). The number of anilines is 1. The standard InChI is InChI=1S/C24H26F2N6O/c1-14-7-17(31-11-18-19(12-31)24(18,25)26)4-3-15(14)9-32-10-16(8-28-32)23(33)29-20-5-6-21-22(20)27-13-30(21)2/h3-4,7-8,10,13,18-20H,5-6,9,11-12H2,1-2H3,(H,29,33)/t18?,19?,20-/m1/s1. The summed E-state index contributed by atoms with van der Waals surface area (Å²) in [4.78, 5) is 19.2. The number of hydrogen-bond acceptors (Lipinski definition) is 4. The van der Waals surface area contributed by atoms with E-state index in [4.69, 9.17) is 0 Å². The highest BCUT2D eigenvalue weighted by molar-refractivity contribution is 5.94. The Morgan fingerprint density at radius 3 is 2.82 bits per heavy atom. The van der Waals surface area contributed by atoms with Crippen LogP contribution in [0.3, 0.4) is 0 Å². The van der Waals surface area contributed by atoms with Crippen LogP contribution in [0.25, 0.3) is 0 Å². The van der Waals surface area contributed by atoms with Gasteiger partial charge in [0, 0.05) is 37.7 Å². The zero-order valence-electron chi connectivity index (χ0n) is 18.6. The predicted octanol–water partition coefficient (Wildman–Crippen LogP) is 3.09. The molecule has 1 saturated carbocycles. The van der Waals surface area contributed by atoms with Crippen LogP contribution in [0.5, 0.6) is 0 Å². The van der Waals surface area contributed by atoms with Gasteiger partial charge in [0.1, 0.15) is 0 Å². The first-order chi connectivity index (χ1) is 15.8. The van der Waals surface area contributed by atoms with Crippen LogP contribution in [-0.2, 0) is 20.0 Å². The average molecular weight is 453 g/mol. The number of fused-ring (bicyclic) bond motifs is 2. The maximum Gasteiger partial charge on any atom is 0.258 e. The van der Waals surface area contributed by atoms with Crippen molar-refractivity contribution in [3.05, 3.63) is 65.0 Å². The normalized spacial score (nSPS) is 24.6. The summed E-state index contributed by atoms with van der Waals surface area (Å²) in [7, 11) is 1.97. The molecule has 7 nitrogen and oxygen atoms in total. The predicted molar refractivity (Wildman–Crippen MR) is 118 cm³/mol. The highest BCUT2D eigenvalue weighted by Gasteiger charge is 2.71. The first-order valence-electron chi connectivity index (χ1n) is 11.4. The van der Waals surface area contributed by atoms with Crippen LogP contribution >= 0.6 is 0 Å². The summed E-state index contributed by atoms with van der Waals surface area (Å²) in [6.45, 7) is 3.41. The van der Waals surface area contributed by atoms with Crippen molar-refractivity contribution in [2.24, 2.45) is 18.9 Å². The largest absolute Gasteiger partial charge is 0.370 e. The first-order valence-corrected chi connectivity index (χ1v) is 11.4. The molecule has 1 aliphatic heterocycles. The Hall–Kier alpha value is -3.23. The van der Waals surface area contributed by atoms with E-state index in [-0.39, 0.29) is 11.9 Å². The van der Waals surface area contributed by atoms with Crippen molar-refractivity contribution in [2.45, 2.75) is 38.3 Å². The molecular formula is C24H26F2N6O. The number of rotatable bonds is 5. The third-order valence-electron chi connectivity index (χ3n) is 7.52. The molecule has 1 N–H and O–H groups in total. The number of benzene rings is 1. The highest BCUT2D eigenvalue weighted by atomic mass is 19.3. The molecule has 172 valence electrons. The average Bonchev–Trinajstić information content (AvgIpc) is 3.41. The molecule has 2 aromatic heterocycles. The van der Waals surface area contributed by atoms with Gasteiger partial charge in [-0.1, -0.05) is 6.07 Å². The van der Waals surface area contributed by atoms with Gasteiger partial charge in [-0.15, -0.1) is 0 Å². The number of aryl methyl sites for hydroxylation is 2. The Labute approximate surface area is 190 Å². The van der Waals surface area contributed by atoms with Crippen LogP contribution in [-0.4, -0.2) is 44.3 Å². The Morgan fingerprint density at radius 2 is 2.06 bits per heavy atom. The second kappa shape index (κ2) is 7.13. The number of amides is 1. The number of aromatic nitrogens is 4. The van der Waals surface area contributed by atoms with Crippen LogP contribution in [0.15, 0.2) is 36.9 Å². The van der Waals surface area contributed by atoms with Gasteiger partial charge in [0.05, 0.1) is 48.2 Å². The molecule has 0 radical (unpaired) electrons. The van der Waals surface area contributed by atoms with E-state index in [1.54, 1.807) is 23.4 Å². The summed E-state index contributed by atoms with van der Waals surface area (Å²) < 4.78 is 30.7. The van der Waals surface area contributed by atoms with Gasteiger partial charge in [0.25, 0.3) is 11.8 Å². The van der Waals surface area contributed by atoms with Crippen molar-refractivity contribution >= 4 is 11.6 Å². The zero-order valence-corrected chi connectivity index (χ0v) is 18.6. The van der Waals surface area contributed by atoms with Crippen LogP contribution in [0.2, 0.25) is 0 Å². The number of hydrogen-bond donors (Lipinski definition) is 1. The SMILES string of the molecule is Cc1cc(N2CC3C(C2)C3(F)F)ccc1Cn1cc(C(=O)N[C@@H]2CCc3c2ncn3C)cn1. The monoisotopic (exact) mass is 452 g/mol. The quantitative estimate of drug-likeness (QED) is 0.646. The molecule has 3 heterocycles. The minimum atomic E-state index is -2.47. The Balaban J connectivity index is 1.10. The molecule has 33 heavy (non-hydrogen) atoms. The van der Waals surface area contributed by atoms with Crippen molar-refractivity contribution in [1.82, 2.24) is 24.6 Å². The molecule has 1 saturated heterocycles. The third kappa shape index (κ3) is 3.32. The molecular weight excluding hydrogens is 426 g/mol. The summed E-state index contributed by atoms with van der Waals surface area (Å²) in [6, 6.07) is 6.01. The van der Waals surface area contributed by atoms with E-state index in [0.29, 0.717) is 25.2 Å². The Bertz CT molecular complexity index is 1230. The van der Waals surface area contributed by atoms with E-state index >= 15 is 0 Å². The number of imidazole rings is 1. The number of alkyl halides is 2. The lowest BCUT2D eigenvalue weighted by molar-refractivity contribution is 0.0797. The van der Waals surface area contributed by atoms with Gasteiger partial charge < -0.3 is 14.8 Å². The molecule has 3 aromatic rings. The van der Waals surface area contributed by atoms with Gasteiger partial charge in [-0.25, -0.2) is 13.8 Å². The van der Waals surface area contributed by atoms with E-state index in [2.05, 4.69) is 26.4 Å². The minimum Gasteiger partial charge on any atom is -0.370 e. The fourth-order valence-electron chi connectivity index (χ4n) is 5.38. The Kier molecular flexibility index (Phi) is 4.41. The summed E-state index contributed by atoms with van der Waals surface area (Å²) in [5.74, 6) is -3.59. The molecule has 0 bridgehead atoms. The number of halogens is 2. The highest BCUT2D eigenvalue weighted by Crippen LogP contribution is 2.59. The van der Waals surface area contributed by atoms with Crippen molar-refractivity contribution < 1.29 is 13.6 Å². The van der Waals surface area contributed by atoms with Gasteiger partial charge in [0.15, 0.2) is 0 Å². The van der Waals surface area contributed by atoms with Crippen LogP contribution in [0.1, 0.15) is 45.3 Å². The van der Waals surface area contributed by atoms with Crippen molar-refractivity contribution in [1.29, 1.82) is 0 Å². The van der Waals surface area contributed by atoms with Gasteiger partial charge >= 0.3 is 0 Å². The number of nitrogens with one attached hydrogen (secondary N) is 1. The van der Waals surface area contributed by atoms with Gasteiger partial charge in [-0.2, -0.15) is 5.10 Å². The molecule has 2 unspecified atom stereocenters. The summed E-state index contributed by atoms with van der Waals surface area (Å²) >= 11 is 0. The third-order valence-corrected chi connectivity index (χ3v) is 7.52. The number of piperidine rings is 1. The first kappa shape index (κ1) is 20.4. The summed E-state index contributed by atoms with van der Waals surface area (Å²) in [6.07, 6.45) is 6.90. The molecule has 2 fully saturated rings. The number of carbonyl (C=O) groups is 1. The smallest absolute Gasteiger partial charge is 0.258 e. The van der Waals surface area contributed by atoms with Crippen molar-refractivity contribution in [3.8, 4) is 0 Å². The lowest BCUT2D eigenvalue weighted by atomic mass is 10.1. The maximum atomic E-state index is 13.5. The topological polar surface area (TPSA) is 68.0 Å². The summed E-state index contributed by atoms with van der Waals surface area (Å²) in [5, 5.41) is 7.45. The molecule has 1 amide bonds. The van der Waals surface area contributed by atoms with Gasteiger partial charge in [-0.05, 0) is 43.0 Å². The number of carbonyl (C=O) groups excluding carboxylic acids is 1. The second-order valence-corrected chi connectivity index (χ2v) is 9.58. The Morgan fingerprint density at radius 1 is 1.27 bits per heavy atom. The van der Waals surface area contributed by atoms with Gasteiger partial charge in [-0.3, -0.25) is 9.48 Å². The molecule has 3 aliphatic rings. The molecule has 9 heteroatoms. The number of nitrogens with zero attached hydrogens (tertiary/aromatic N) is 5. The van der Waals surface area contributed by atoms with Crippen molar-refractivity contribution in [3.63, 3.8) is 0 Å². The van der Waals surface area contributed by atoms with Gasteiger partial charge in [0.2, 0.25) is 0 Å². The van der Waals surface area contributed by atoms with Crippen LogP contribution in [0, 0.1) is 18.8 Å². The molecule has 3 atom stereocenters. The minimum absolute atomic E-state index is 0.0663. The van der Waals surface area contributed by atoms with Crippen LogP contribution in [0.4, 0.5) is 14.5 Å². The van der Waals surface area contributed by atoms with E-state index < -0.39 is 17.8 Å². The fraction of sp³-hybridized carbons (Fsp3) is 0.458. The van der Waals surface area contributed by atoms with Crippen LogP contribution < -0.4 is 10.2 Å². The maximum absolute atomic E-state index is 13.5. The van der Waals surface area contributed by atoms with Crippen molar-refractivity contribution in [2.75, 3.05) is 18.0 Å². The lowest BCUT2D eigenvalue weighted by Gasteiger charge is -2.23. The van der Waals surface area contributed by atoms with E-state index in [0.717, 1.165) is 35.3 Å². The zero-order chi connectivity index (χ0) is 22.9. The fourth-order valence-corrected chi connectivity index (χ4v) is 5.38. The molecule has 1 aromatic carbocycles. The van der Waals surface area contributed by atoms with E-state index in [9.17, 15) is 13.6 Å². The molecule has 0 spiro atoms. The van der Waals surface area contributed by atoms with E-state index in [1.165, 1.54) is 5.69 Å².